The van der Waals surface area contributed by atoms with Crippen molar-refractivity contribution in [1.29, 1.82) is 0 Å². The highest BCUT2D eigenvalue weighted by Crippen LogP contribution is 2.20. The second kappa shape index (κ2) is 9.71. The smallest absolute Gasteiger partial charge is 0.277 e. The van der Waals surface area contributed by atoms with Crippen LogP contribution in [0, 0.1) is 6.92 Å². The zero-order valence-corrected chi connectivity index (χ0v) is 17.7. The van der Waals surface area contributed by atoms with Gasteiger partial charge in [0, 0.05) is 23.8 Å². The molecule has 3 rings (SSSR count). The number of amides is 1. The Bertz CT molecular complexity index is 668. The Kier molecular flexibility index (Phi) is 7.33. The van der Waals surface area contributed by atoms with Crippen LogP contribution in [0.2, 0.25) is 5.02 Å². The first-order valence-corrected chi connectivity index (χ1v) is 10.7. The molecule has 0 atom stereocenters. The predicted octanol–water partition coefficient (Wildman–Crippen LogP) is 1.95. The molecule has 0 unspecified atom stereocenters. The average Bonchev–Trinajstić information content (AvgIpc) is 2.95. The summed E-state index contributed by atoms with van der Waals surface area (Å²) in [5.41, 5.74) is 1.97. The number of halogens is 1. The van der Waals surface area contributed by atoms with E-state index in [-0.39, 0.29) is 0 Å². The van der Waals surface area contributed by atoms with Gasteiger partial charge in [0.25, 0.3) is 5.91 Å². The molecule has 2 saturated heterocycles. The predicted molar refractivity (Wildman–Crippen MR) is 115 cm³/mol. The van der Waals surface area contributed by atoms with E-state index in [4.69, 9.17) is 23.8 Å². The summed E-state index contributed by atoms with van der Waals surface area (Å²) < 4.78 is 0. The number of carbonyl (C=O) groups excluding carboxylic acids is 1. The largest absolute Gasteiger partial charge is 0.338 e. The molecular weight excluding hydrogens is 380 g/mol. The van der Waals surface area contributed by atoms with Crippen LogP contribution in [0.4, 0.5) is 5.69 Å². The number of aryl methyl sites for hydroxylation is 1. The lowest BCUT2D eigenvalue weighted by Gasteiger charge is -2.34. The molecule has 27 heavy (non-hydrogen) atoms. The molecule has 1 aromatic rings. The Labute approximate surface area is 172 Å². The lowest BCUT2D eigenvalue weighted by Crippen LogP contribution is -3.15. The van der Waals surface area contributed by atoms with Crippen molar-refractivity contribution in [2.24, 2.45) is 0 Å². The number of quaternary nitrogens is 1. The zero-order chi connectivity index (χ0) is 19.2. The van der Waals surface area contributed by atoms with E-state index in [2.05, 4.69) is 15.1 Å². The fourth-order valence-electron chi connectivity index (χ4n) is 3.72. The molecule has 5 nitrogen and oxygen atoms in total. The second-order valence-corrected chi connectivity index (χ2v) is 8.40. The molecule has 2 aliphatic rings. The summed E-state index contributed by atoms with van der Waals surface area (Å²) in [5.74, 6) is 0.315. The number of likely N-dealkylation sites (tertiary alicyclic amines) is 1. The molecule has 7 heteroatoms. The van der Waals surface area contributed by atoms with Crippen molar-refractivity contribution in [1.82, 2.24) is 9.80 Å². The summed E-state index contributed by atoms with van der Waals surface area (Å²) in [5, 5.41) is 4.75. The van der Waals surface area contributed by atoms with E-state index in [0.717, 1.165) is 73.5 Å². The average molecular weight is 410 g/mol. The van der Waals surface area contributed by atoms with E-state index in [0.29, 0.717) is 12.5 Å². The third kappa shape index (κ3) is 5.80. The van der Waals surface area contributed by atoms with Gasteiger partial charge in [0.2, 0.25) is 0 Å². The SMILES string of the molecule is Cc1ccc(NC(=S)N2CC[NH+](CC(=O)N3CCCCCC3)CC2)cc1Cl. The van der Waals surface area contributed by atoms with Crippen molar-refractivity contribution >= 4 is 40.5 Å². The van der Waals surface area contributed by atoms with E-state index < -0.39 is 0 Å². The minimum absolute atomic E-state index is 0.315. The lowest BCUT2D eigenvalue weighted by molar-refractivity contribution is -0.896. The van der Waals surface area contributed by atoms with Gasteiger partial charge in [0.15, 0.2) is 11.7 Å². The van der Waals surface area contributed by atoms with Crippen LogP contribution in [-0.4, -0.2) is 66.6 Å². The van der Waals surface area contributed by atoms with Crippen LogP contribution in [0.1, 0.15) is 31.2 Å². The number of rotatable bonds is 3. The van der Waals surface area contributed by atoms with Crippen molar-refractivity contribution < 1.29 is 9.69 Å². The van der Waals surface area contributed by atoms with Gasteiger partial charge in [-0.3, -0.25) is 4.79 Å². The molecule has 1 aromatic carbocycles. The third-order valence-electron chi connectivity index (χ3n) is 5.54. The van der Waals surface area contributed by atoms with E-state index >= 15 is 0 Å². The van der Waals surface area contributed by atoms with E-state index in [9.17, 15) is 4.79 Å². The van der Waals surface area contributed by atoms with Crippen molar-refractivity contribution in [3.63, 3.8) is 0 Å². The van der Waals surface area contributed by atoms with Gasteiger partial charge in [-0.1, -0.05) is 30.5 Å². The highest BCUT2D eigenvalue weighted by Gasteiger charge is 2.26. The Hall–Kier alpha value is -1.37. The molecule has 0 radical (unpaired) electrons. The maximum absolute atomic E-state index is 12.6. The summed E-state index contributed by atoms with van der Waals surface area (Å²) in [4.78, 5) is 18.2. The Morgan fingerprint density at radius 1 is 1.11 bits per heavy atom. The number of anilines is 1. The van der Waals surface area contributed by atoms with Gasteiger partial charge in [-0.2, -0.15) is 0 Å². The highest BCUT2D eigenvalue weighted by atomic mass is 35.5. The number of nitrogens with zero attached hydrogens (tertiary/aromatic N) is 2. The third-order valence-corrected chi connectivity index (χ3v) is 6.31. The minimum Gasteiger partial charge on any atom is -0.338 e. The number of hydrogen-bond donors (Lipinski definition) is 2. The molecule has 0 aliphatic carbocycles. The van der Waals surface area contributed by atoms with Gasteiger partial charge in [-0.05, 0) is 49.7 Å². The van der Waals surface area contributed by atoms with Crippen molar-refractivity contribution in [2.45, 2.75) is 32.6 Å². The number of thiocarbonyl (C=S) groups is 1. The van der Waals surface area contributed by atoms with E-state index in [1.807, 2.05) is 25.1 Å². The van der Waals surface area contributed by atoms with Gasteiger partial charge < -0.3 is 20.0 Å². The molecule has 0 bridgehead atoms. The number of piperazine rings is 1. The second-order valence-electron chi connectivity index (χ2n) is 7.60. The maximum Gasteiger partial charge on any atom is 0.277 e. The van der Waals surface area contributed by atoms with Crippen molar-refractivity contribution in [2.75, 3.05) is 51.1 Å². The van der Waals surface area contributed by atoms with Gasteiger partial charge in [0.05, 0.1) is 26.2 Å². The lowest BCUT2D eigenvalue weighted by atomic mass is 10.2. The molecule has 1 amide bonds. The number of carbonyl (C=O) groups is 1. The number of hydrogen-bond acceptors (Lipinski definition) is 2. The number of nitrogens with one attached hydrogen (secondary N) is 2. The van der Waals surface area contributed by atoms with Crippen LogP contribution in [0.25, 0.3) is 0 Å². The topological polar surface area (TPSA) is 40.0 Å². The quantitative estimate of drug-likeness (QED) is 0.748. The minimum atomic E-state index is 0.315. The molecule has 2 fully saturated rings. The fourth-order valence-corrected chi connectivity index (χ4v) is 4.20. The summed E-state index contributed by atoms with van der Waals surface area (Å²) in [6.07, 6.45) is 4.81. The first kappa shape index (κ1) is 20.4. The Morgan fingerprint density at radius 3 is 2.41 bits per heavy atom. The molecule has 2 N–H and O–H groups in total. The first-order chi connectivity index (χ1) is 13.0. The summed E-state index contributed by atoms with van der Waals surface area (Å²) in [6.45, 7) is 8.09. The Balaban J connectivity index is 1.44. The molecule has 2 heterocycles. The molecular formula is C20H30ClN4OS+. The molecule has 0 aromatic heterocycles. The molecule has 2 aliphatic heterocycles. The molecule has 0 spiro atoms. The summed E-state index contributed by atoms with van der Waals surface area (Å²) >= 11 is 11.8. The van der Waals surface area contributed by atoms with Gasteiger partial charge in [-0.25, -0.2) is 0 Å². The van der Waals surface area contributed by atoms with Crippen LogP contribution in [-0.2, 0) is 4.79 Å². The monoisotopic (exact) mass is 409 g/mol. The summed E-state index contributed by atoms with van der Waals surface area (Å²) in [6, 6.07) is 5.89. The zero-order valence-electron chi connectivity index (χ0n) is 16.1. The highest BCUT2D eigenvalue weighted by molar-refractivity contribution is 7.80. The van der Waals surface area contributed by atoms with Crippen LogP contribution in [0.15, 0.2) is 18.2 Å². The number of benzene rings is 1. The Morgan fingerprint density at radius 2 is 1.78 bits per heavy atom. The summed E-state index contributed by atoms with van der Waals surface area (Å²) in [7, 11) is 0. The van der Waals surface area contributed by atoms with Gasteiger partial charge >= 0.3 is 0 Å². The maximum atomic E-state index is 12.6. The van der Waals surface area contributed by atoms with E-state index in [1.165, 1.54) is 17.7 Å². The molecule has 0 saturated carbocycles. The fraction of sp³-hybridized carbons (Fsp3) is 0.600. The van der Waals surface area contributed by atoms with Gasteiger partial charge in [-0.15, -0.1) is 0 Å². The van der Waals surface area contributed by atoms with Crippen molar-refractivity contribution in [3.8, 4) is 0 Å². The van der Waals surface area contributed by atoms with Crippen LogP contribution >= 0.6 is 23.8 Å². The van der Waals surface area contributed by atoms with E-state index in [1.54, 1.807) is 0 Å². The first-order valence-electron chi connectivity index (χ1n) is 9.96. The van der Waals surface area contributed by atoms with Gasteiger partial charge in [0.1, 0.15) is 0 Å². The standard InChI is InChI=1S/C20H29ClN4OS/c1-16-6-7-17(14-18(16)21)22-20(27)25-12-10-23(11-13-25)15-19(26)24-8-4-2-3-5-9-24/h6-7,14H,2-5,8-13,15H2,1H3,(H,22,27)/p+1. The normalized spacial score (nSPS) is 18.9. The van der Waals surface area contributed by atoms with Crippen molar-refractivity contribution in [3.05, 3.63) is 28.8 Å². The van der Waals surface area contributed by atoms with Crippen LogP contribution < -0.4 is 10.2 Å². The molecule has 148 valence electrons. The van der Waals surface area contributed by atoms with Crippen LogP contribution in [0.3, 0.4) is 0 Å². The van der Waals surface area contributed by atoms with Crippen LogP contribution in [0.5, 0.6) is 0 Å².